The third kappa shape index (κ3) is 2.61. The Bertz CT molecular complexity index is 647. The molecule has 5 heteroatoms. The molecule has 0 radical (unpaired) electrons. The summed E-state index contributed by atoms with van der Waals surface area (Å²) in [5.41, 5.74) is 1.73. The van der Waals surface area contributed by atoms with Crippen molar-refractivity contribution in [3.63, 3.8) is 0 Å². The molecular weight excluding hydrogens is 304 g/mol. The Morgan fingerprint density at radius 2 is 1.67 bits per heavy atom. The number of amides is 2. The van der Waals surface area contributed by atoms with E-state index in [-0.39, 0.29) is 11.8 Å². The number of ether oxygens (including phenoxy) is 1. The van der Waals surface area contributed by atoms with Gasteiger partial charge in [0.1, 0.15) is 0 Å². The summed E-state index contributed by atoms with van der Waals surface area (Å²) in [4.78, 5) is 28.9. The van der Waals surface area contributed by atoms with Crippen molar-refractivity contribution in [1.29, 1.82) is 0 Å². The first kappa shape index (κ1) is 15.6. The van der Waals surface area contributed by atoms with Crippen LogP contribution < -0.4 is 0 Å². The minimum absolute atomic E-state index is 0.0182. The number of carbonyl (C=O) groups excluding carboxylic acids is 2. The summed E-state index contributed by atoms with van der Waals surface area (Å²) in [6.07, 6.45) is 2.44. The SMILES string of the molecule is CCC12CC1CN(C(=O)c1ccc(C(=O)N3CCOCC3)cc1)C2. The summed E-state index contributed by atoms with van der Waals surface area (Å²) in [7, 11) is 0. The number of hydrogen-bond acceptors (Lipinski definition) is 3. The fourth-order valence-electron chi connectivity index (χ4n) is 4.18. The van der Waals surface area contributed by atoms with Crippen molar-refractivity contribution in [3.8, 4) is 0 Å². The molecular formula is C19H24N2O3. The second-order valence-electron chi connectivity index (χ2n) is 7.28. The molecule has 2 amide bonds. The highest BCUT2D eigenvalue weighted by Crippen LogP contribution is 2.59. The van der Waals surface area contributed by atoms with Gasteiger partial charge in [-0.1, -0.05) is 6.92 Å². The number of nitrogens with zero attached hydrogens (tertiary/aromatic N) is 2. The van der Waals surface area contributed by atoms with Gasteiger partial charge < -0.3 is 14.5 Å². The normalized spacial score (nSPS) is 28.6. The molecule has 5 nitrogen and oxygen atoms in total. The summed E-state index contributed by atoms with van der Waals surface area (Å²) < 4.78 is 5.28. The number of fused-ring (bicyclic) bond motifs is 1. The van der Waals surface area contributed by atoms with Crippen molar-refractivity contribution in [2.24, 2.45) is 11.3 Å². The van der Waals surface area contributed by atoms with E-state index in [1.807, 2.05) is 4.90 Å². The first-order valence-electron chi connectivity index (χ1n) is 8.89. The van der Waals surface area contributed by atoms with Crippen LogP contribution in [0.25, 0.3) is 0 Å². The van der Waals surface area contributed by atoms with Gasteiger partial charge in [-0.3, -0.25) is 9.59 Å². The van der Waals surface area contributed by atoms with E-state index >= 15 is 0 Å². The van der Waals surface area contributed by atoms with Gasteiger partial charge in [-0.05, 0) is 48.4 Å². The lowest BCUT2D eigenvalue weighted by atomic mass is 10.0. The molecule has 1 saturated carbocycles. The van der Waals surface area contributed by atoms with Crippen LogP contribution in [0.5, 0.6) is 0 Å². The Hall–Kier alpha value is -1.88. The van der Waals surface area contributed by atoms with Gasteiger partial charge in [0.05, 0.1) is 13.2 Å². The van der Waals surface area contributed by atoms with Crippen molar-refractivity contribution in [3.05, 3.63) is 35.4 Å². The van der Waals surface area contributed by atoms with E-state index in [0.717, 1.165) is 19.5 Å². The van der Waals surface area contributed by atoms with Gasteiger partial charge in [-0.25, -0.2) is 0 Å². The minimum Gasteiger partial charge on any atom is -0.378 e. The Balaban J connectivity index is 1.42. The molecule has 1 aromatic carbocycles. The summed E-state index contributed by atoms with van der Waals surface area (Å²) in [5.74, 6) is 0.818. The third-order valence-corrected chi connectivity index (χ3v) is 5.97. The van der Waals surface area contributed by atoms with Gasteiger partial charge in [0.25, 0.3) is 11.8 Å². The van der Waals surface area contributed by atoms with Crippen LogP contribution >= 0.6 is 0 Å². The molecule has 2 atom stereocenters. The van der Waals surface area contributed by atoms with E-state index < -0.39 is 0 Å². The highest BCUT2D eigenvalue weighted by Gasteiger charge is 2.59. The topological polar surface area (TPSA) is 49.9 Å². The Kier molecular flexibility index (Phi) is 3.83. The van der Waals surface area contributed by atoms with Crippen LogP contribution in [0.1, 0.15) is 40.5 Å². The van der Waals surface area contributed by atoms with Crippen molar-refractivity contribution < 1.29 is 14.3 Å². The second-order valence-corrected chi connectivity index (χ2v) is 7.28. The summed E-state index contributed by atoms with van der Waals surface area (Å²) in [5, 5.41) is 0. The van der Waals surface area contributed by atoms with Crippen LogP contribution in [0.3, 0.4) is 0 Å². The van der Waals surface area contributed by atoms with Gasteiger partial charge in [-0.2, -0.15) is 0 Å². The number of piperidine rings is 1. The fourth-order valence-corrected chi connectivity index (χ4v) is 4.18. The molecule has 2 aliphatic heterocycles. The molecule has 0 spiro atoms. The van der Waals surface area contributed by atoms with Crippen molar-refractivity contribution in [2.45, 2.75) is 19.8 Å². The van der Waals surface area contributed by atoms with Gasteiger partial charge in [0.15, 0.2) is 0 Å². The highest BCUT2D eigenvalue weighted by atomic mass is 16.5. The lowest BCUT2D eigenvalue weighted by Crippen LogP contribution is -2.40. The Labute approximate surface area is 142 Å². The highest BCUT2D eigenvalue weighted by molar-refractivity contribution is 5.98. The van der Waals surface area contributed by atoms with E-state index in [2.05, 4.69) is 6.92 Å². The molecule has 2 saturated heterocycles. The van der Waals surface area contributed by atoms with Crippen LogP contribution in [0.15, 0.2) is 24.3 Å². The Morgan fingerprint density at radius 1 is 1.08 bits per heavy atom. The summed E-state index contributed by atoms with van der Waals surface area (Å²) in [6.45, 7) is 6.46. The van der Waals surface area contributed by atoms with Gasteiger partial charge in [-0.15, -0.1) is 0 Å². The first-order chi connectivity index (χ1) is 11.6. The molecule has 128 valence electrons. The van der Waals surface area contributed by atoms with Crippen LogP contribution in [0, 0.1) is 11.3 Å². The lowest BCUT2D eigenvalue weighted by molar-refractivity contribution is 0.0303. The number of likely N-dealkylation sites (tertiary alicyclic amines) is 1. The predicted octanol–water partition coefficient (Wildman–Crippen LogP) is 2.03. The molecule has 2 heterocycles. The zero-order valence-corrected chi connectivity index (χ0v) is 14.2. The van der Waals surface area contributed by atoms with E-state index in [1.54, 1.807) is 29.2 Å². The first-order valence-corrected chi connectivity index (χ1v) is 8.89. The second kappa shape index (κ2) is 5.88. The molecule has 0 aromatic heterocycles. The number of carbonyl (C=O) groups is 2. The monoisotopic (exact) mass is 328 g/mol. The number of hydrogen-bond donors (Lipinski definition) is 0. The van der Waals surface area contributed by atoms with E-state index in [4.69, 9.17) is 4.74 Å². The molecule has 3 fully saturated rings. The minimum atomic E-state index is 0.0182. The number of rotatable bonds is 3. The van der Waals surface area contributed by atoms with E-state index in [1.165, 1.54) is 6.42 Å². The molecule has 1 aliphatic carbocycles. The van der Waals surface area contributed by atoms with E-state index in [0.29, 0.717) is 48.8 Å². The predicted molar refractivity (Wildman–Crippen MR) is 89.9 cm³/mol. The van der Waals surface area contributed by atoms with E-state index in [9.17, 15) is 9.59 Å². The molecule has 0 N–H and O–H groups in total. The average Bonchev–Trinajstić information content (AvgIpc) is 3.22. The van der Waals surface area contributed by atoms with Crippen LogP contribution in [0.4, 0.5) is 0 Å². The largest absolute Gasteiger partial charge is 0.378 e. The van der Waals surface area contributed by atoms with Crippen LogP contribution in [0.2, 0.25) is 0 Å². The zero-order chi connectivity index (χ0) is 16.7. The maximum absolute atomic E-state index is 12.7. The standard InChI is InChI=1S/C19H24N2O3/c1-2-19-11-16(19)12-21(13-19)18(23)15-5-3-14(4-6-15)17(22)20-7-9-24-10-8-20/h3-6,16H,2,7-13H2,1H3. The summed E-state index contributed by atoms with van der Waals surface area (Å²) in [6, 6.07) is 7.13. The number of morpholine rings is 1. The molecule has 24 heavy (non-hydrogen) atoms. The maximum atomic E-state index is 12.7. The summed E-state index contributed by atoms with van der Waals surface area (Å²) >= 11 is 0. The van der Waals surface area contributed by atoms with Gasteiger partial charge >= 0.3 is 0 Å². The molecule has 4 rings (SSSR count). The van der Waals surface area contributed by atoms with Gasteiger partial charge in [0, 0.05) is 37.3 Å². The van der Waals surface area contributed by atoms with Crippen molar-refractivity contribution in [2.75, 3.05) is 39.4 Å². The molecule has 3 aliphatic rings. The van der Waals surface area contributed by atoms with Crippen LogP contribution in [-0.4, -0.2) is 61.0 Å². The zero-order valence-electron chi connectivity index (χ0n) is 14.2. The molecule has 2 unspecified atom stereocenters. The number of benzene rings is 1. The van der Waals surface area contributed by atoms with Crippen LogP contribution in [-0.2, 0) is 4.74 Å². The maximum Gasteiger partial charge on any atom is 0.254 e. The fraction of sp³-hybridized carbons (Fsp3) is 0.579. The Morgan fingerprint density at radius 3 is 2.21 bits per heavy atom. The molecule has 0 bridgehead atoms. The lowest BCUT2D eigenvalue weighted by Gasteiger charge is -2.27. The van der Waals surface area contributed by atoms with Crippen molar-refractivity contribution in [1.82, 2.24) is 9.80 Å². The third-order valence-electron chi connectivity index (χ3n) is 5.97. The smallest absolute Gasteiger partial charge is 0.254 e. The average molecular weight is 328 g/mol. The van der Waals surface area contributed by atoms with Gasteiger partial charge in [0.2, 0.25) is 0 Å². The molecule has 1 aromatic rings. The van der Waals surface area contributed by atoms with Crippen molar-refractivity contribution >= 4 is 11.8 Å². The quantitative estimate of drug-likeness (QED) is 0.853.